The van der Waals surface area contributed by atoms with Crippen LogP contribution in [0.15, 0.2) is 72.8 Å². The molecule has 0 aromatic heterocycles. The molecule has 2 bridgehead atoms. The fourth-order valence-electron chi connectivity index (χ4n) is 7.09. The second-order valence-corrected chi connectivity index (χ2v) is 12.5. The van der Waals surface area contributed by atoms with Gasteiger partial charge in [-0.3, -0.25) is 14.4 Å². The van der Waals surface area contributed by atoms with Gasteiger partial charge in [-0.15, -0.1) is 11.8 Å². The van der Waals surface area contributed by atoms with E-state index in [1.165, 1.54) is 0 Å². The van der Waals surface area contributed by atoms with Gasteiger partial charge in [0.15, 0.2) is 0 Å². The number of rotatable bonds is 7. The molecule has 202 valence electrons. The Balaban J connectivity index is 1.37. The molecule has 39 heavy (non-hydrogen) atoms. The summed E-state index contributed by atoms with van der Waals surface area (Å²) in [4.78, 5) is 43.7. The SMILES string of the molecule is CC[C@@H](CO)N1C(=O)[C@@H]2[C@H](C(=O)Nc3ccccc3)[C@@H]3CC(C)C2(S3)C1C(=O)Nc1ccc2ccccc2c1. The topological polar surface area (TPSA) is 98.7 Å². The van der Waals surface area contributed by atoms with Crippen molar-refractivity contribution in [1.29, 1.82) is 0 Å². The van der Waals surface area contributed by atoms with Crippen molar-refractivity contribution in [3.63, 3.8) is 0 Å². The van der Waals surface area contributed by atoms with Gasteiger partial charge in [0.2, 0.25) is 17.7 Å². The number of hydrogen-bond donors (Lipinski definition) is 3. The Morgan fingerprint density at radius 2 is 1.69 bits per heavy atom. The molecule has 7 nitrogen and oxygen atoms in total. The van der Waals surface area contributed by atoms with Crippen LogP contribution >= 0.6 is 11.8 Å². The predicted molar refractivity (Wildman–Crippen MR) is 154 cm³/mol. The standard InChI is InChI=1S/C31H33N3O4S/c1-3-23(17-35)34-27(29(37)33-22-14-13-19-9-7-8-10-20(19)16-22)31-18(2)15-24(39-31)25(26(31)30(34)38)28(36)32-21-11-5-4-6-12-21/h4-14,16,18,23-27,35H,3,15,17H2,1-2H3,(H,32,36)(H,33,37)/t18?,23-,24-,25+,26-,27?,31?/m0/s1. The number of likely N-dealkylation sites (tertiary alicyclic amines) is 1. The van der Waals surface area contributed by atoms with Gasteiger partial charge in [-0.2, -0.15) is 0 Å². The maximum atomic E-state index is 14.2. The average Bonchev–Trinajstić information content (AvgIpc) is 3.54. The highest BCUT2D eigenvalue weighted by molar-refractivity contribution is 8.02. The maximum absolute atomic E-state index is 14.2. The summed E-state index contributed by atoms with van der Waals surface area (Å²) in [5.74, 6) is -1.78. The first-order valence-electron chi connectivity index (χ1n) is 13.7. The largest absolute Gasteiger partial charge is 0.394 e. The van der Waals surface area contributed by atoms with Crippen molar-refractivity contribution in [3.8, 4) is 0 Å². The molecule has 3 unspecified atom stereocenters. The predicted octanol–water partition coefficient (Wildman–Crippen LogP) is 4.53. The van der Waals surface area contributed by atoms with Gasteiger partial charge in [0, 0.05) is 16.6 Å². The Bertz CT molecular complexity index is 1430. The van der Waals surface area contributed by atoms with Gasteiger partial charge in [-0.1, -0.05) is 62.4 Å². The van der Waals surface area contributed by atoms with E-state index < -0.39 is 28.7 Å². The molecule has 0 saturated carbocycles. The number of aliphatic hydroxyl groups excluding tert-OH is 1. The number of carbonyl (C=O) groups is 3. The summed E-state index contributed by atoms with van der Waals surface area (Å²) >= 11 is 1.63. The van der Waals surface area contributed by atoms with Crippen molar-refractivity contribution in [2.45, 2.75) is 48.8 Å². The normalized spacial score (nSPS) is 29.9. The lowest BCUT2D eigenvalue weighted by atomic mass is 9.66. The van der Waals surface area contributed by atoms with Crippen LogP contribution in [-0.2, 0) is 14.4 Å². The van der Waals surface area contributed by atoms with Gasteiger partial charge in [-0.25, -0.2) is 0 Å². The summed E-state index contributed by atoms with van der Waals surface area (Å²) in [6.45, 7) is 3.76. The Kier molecular flexibility index (Phi) is 6.63. The number of nitrogens with one attached hydrogen (secondary N) is 2. The number of thioether (sulfide) groups is 1. The lowest BCUT2D eigenvalue weighted by Crippen LogP contribution is -2.56. The maximum Gasteiger partial charge on any atom is 0.248 e. The zero-order valence-electron chi connectivity index (χ0n) is 22.0. The Hall–Kier alpha value is -3.36. The van der Waals surface area contributed by atoms with Crippen LogP contribution in [0.3, 0.4) is 0 Å². The van der Waals surface area contributed by atoms with Gasteiger partial charge in [0.1, 0.15) is 6.04 Å². The molecule has 3 N–H and O–H groups in total. The molecule has 3 aliphatic heterocycles. The summed E-state index contributed by atoms with van der Waals surface area (Å²) < 4.78 is -0.746. The van der Waals surface area contributed by atoms with Crippen LogP contribution in [0.1, 0.15) is 26.7 Å². The van der Waals surface area contributed by atoms with Gasteiger partial charge >= 0.3 is 0 Å². The number of nitrogens with zero attached hydrogens (tertiary/aromatic N) is 1. The van der Waals surface area contributed by atoms with E-state index in [-0.39, 0.29) is 35.5 Å². The number of benzene rings is 3. The smallest absolute Gasteiger partial charge is 0.248 e. The fraction of sp³-hybridized carbons (Fsp3) is 0.387. The second-order valence-electron chi connectivity index (χ2n) is 10.9. The van der Waals surface area contributed by atoms with Crippen molar-refractivity contribution in [3.05, 3.63) is 72.8 Å². The van der Waals surface area contributed by atoms with Gasteiger partial charge < -0.3 is 20.6 Å². The fourth-order valence-corrected chi connectivity index (χ4v) is 9.50. The molecule has 3 aromatic carbocycles. The first kappa shape index (κ1) is 25.9. The van der Waals surface area contributed by atoms with Crippen LogP contribution in [0.2, 0.25) is 0 Å². The van der Waals surface area contributed by atoms with Crippen LogP contribution in [-0.4, -0.2) is 56.4 Å². The van der Waals surface area contributed by atoms with Crippen molar-refractivity contribution in [1.82, 2.24) is 4.90 Å². The zero-order valence-corrected chi connectivity index (χ0v) is 22.9. The minimum Gasteiger partial charge on any atom is -0.394 e. The number of anilines is 2. The molecule has 8 heteroatoms. The third kappa shape index (κ3) is 4.03. The number of aliphatic hydroxyl groups is 1. The van der Waals surface area contributed by atoms with E-state index in [1.54, 1.807) is 16.7 Å². The van der Waals surface area contributed by atoms with Gasteiger partial charge in [0.05, 0.1) is 29.2 Å². The van der Waals surface area contributed by atoms with Gasteiger partial charge in [0.25, 0.3) is 0 Å². The van der Waals surface area contributed by atoms with Crippen LogP contribution in [0.5, 0.6) is 0 Å². The van der Waals surface area contributed by atoms with E-state index in [0.29, 0.717) is 17.8 Å². The van der Waals surface area contributed by atoms with Crippen molar-refractivity contribution in [2.24, 2.45) is 17.8 Å². The zero-order chi connectivity index (χ0) is 27.3. The number of hydrogen-bond acceptors (Lipinski definition) is 5. The third-order valence-corrected chi connectivity index (χ3v) is 10.9. The molecule has 3 aromatic rings. The van der Waals surface area contributed by atoms with E-state index >= 15 is 0 Å². The first-order valence-corrected chi connectivity index (χ1v) is 14.5. The summed E-state index contributed by atoms with van der Waals surface area (Å²) in [5, 5.41) is 18.4. The average molecular weight is 544 g/mol. The van der Waals surface area contributed by atoms with Crippen molar-refractivity contribution >= 4 is 51.6 Å². The van der Waals surface area contributed by atoms with Crippen LogP contribution in [0.4, 0.5) is 11.4 Å². The Labute approximate surface area is 232 Å². The van der Waals surface area contributed by atoms with Gasteiger partial charge in [-0.05, 0) is 53.8 Å². The summed E-state index contributed by atoms with van der Waals surface area (Å²) in [5.41, 5.74) is 1.35. The summed E-state index contributed by atoms with van der Waals surface area (Å²) in [7, 11) is 0. The number of amides is 3. The minimum atomic E-state index is -0.793. The molecule has 0 aliphatic carbocycles. The highest BCUT2D eigenvalue weighted by Gasteiger charge is 2.76. The molecule has 6 rings (SSSR count). The molecule has 3 amide bonds. The lowest BCUT2D eigenvalue weighted by Gasteiger charge is -2.40. The molecule has 3 heterocycles. The van der Waals surface area contributed by atoms with E-state index in [2.05, 4.69) is 17.6 Å². The quantitative estimate of drug-likeness (QED) is 0.407. The molecule has 1 spiro atoms. The molecule has 3 saturated heterocycles. The molecule has 7 atom stereocenters. The summed E-state index contributed by atoms with van der Waals surface area (Å²) in [6.07, 6.45) is 1.26. The van der Waals surface area contributed by atoms with Crippen LogP contribution in [0.25, 0.3) is 10.8 Å². The highest BCUT2D eigenvalue weighted by atomic mass is 32.2. The molecule has 3 fully saturated rings. The lowest BCUT2D eigenvalue weighted by molar-refractivity contribution is -0.141. The van der Waals surface area contributed by atoms with Crippen molar-refractivity contribution < 1.29 is 19.5 Å². The Morgan fingerprint density at radius 3 is 2.41 bits per heavy atom. The number of carbonyl (C=O) groups excluding carboxylic acids is 3. The minimum absolute atomic E-state index is 0.0509. The van der Waals surface area contributed by atoms with E-state index in [0.717, 1.165) is 17.2 Å². The molecular formula is C31H33N3O4S. The Morgan fingerprint density at radius 1 is 1.00 bits per heavy atom. The molecule has 3 aliphatic rings. The third-order valence-electron chi connectivity index (χ3n) is 8.87. The monoisotopic (exact) mass is 543 g/mol. The number of para-hydroxylation sites is 1. The highest BCUT2D eigenvalue weighted by Crippen LogP contribution is 2.69. The first-order chi connectivity index (χ1) is 18.9. The summed E-state index contributed by atoms with van der Waals surface area (Å²) in [6, 6.07) is 21.7. The molecular weight excluding hydrogens is 510 g/mol. The van der Waals surface area contributed by atoms with Crippen LogP contribution < -0.4 is 10.6 Å². The van der Waals surface area contributed by atoms with E-state index in [1.807, 2.05) is 79.7 Å². The van der Waals surface area contributed by atoms with Crippen molar-refractivity contribution in [2.75, 3.05) is 17.2 Å². The second kappa shape index (κ2) is 9.99. The van der Waals surface area contributed by atoms with E-state index in [9.17, 15) is 19.5 Å². The number of fused-ring (bicyclic) bond motifs is 2. The van der Waals surface area contributed by atoms with E-state index in [4.69, 9.17) is 0 Å². The van der Waals surface area contributed by atoms with Crippen LogP contribution in [0, 0.1) is 17.8 Å². The molecule has 0 radical (unpaired) electrons.